The van der Waals surface area contributed by atoms with Crippen LogP contribution in [-0.4, -0.2) is 69.8 Å². The molecule has 2 aromatic rings. The number of amides is 1. The van der Waals surface area contributed by atoms with E-state index in [4.69, 9.17) is 36.8 Å². The summed E-state index contributed by atoms with van der Waals surface area (Å²) in [6, 6.07) is 12.0. The minimum Gasteiger partial charge on any atom is -0.462 e. The van der Waals surface area contributed by atoms with Gasteiger partial charge in [-0.25, -0.2) is 5.09 Å². The topological polar surface area (TPSA) is 139 Å². The number of ether oxygens (including phenoxy) is 2. The lowest BCUT2D eigenvalue weighted by atomic mass is 9.94. The zero-order chi connectivity index (χ0) is 29.9. The molecule has 41 heavy (non-hydrogen) atoms. The third kappa shape index (κ3) is 6.63. The maximum Gasteiger partial charge on any atom is 0.323 e. The summed E-state index contributed by atoms with van der Waals surface area (Å²) in [4.78, 5) is 25.6. The van der Waals surface area contributed by atoms with Crippen molar-refractivity contribution in [2.75, 3.05) is 6.61 Å². The fraction of sp³-hybridized carbons (Fsp3) is 0.357. The van der Waals surface area contributed by atoms with Crippen LogP contribution in [0.15, 0.2) is 67.1 Å². The van der Waals surface area contributed by atoms with Crippen molar-refractivity contribution in [3.8, 4) is 18.1 Å². The third-order valence-corrected chi connectivity index (χ3v) is 8.85. The van der Waals surface area contributed by atoms with E-state index >= 15 is 0 Å². The molecule has 0 bridgehead atoms. The van der Waals surface area contributed by atoms with Crippen molar-refractivity contribution in [2.24, 2.45) is 0 Å². The number of nitrogens with zero attached hydrogens (tertiary/aromatic N) is 1. The zero-order valence-electron chi connectivity index (χ0n) is 22.7. The molecule has 2 aromatic carbocycles. The Balaban J connectivity index is 1.59. The second-order valence-electron chi connectivity index (χ2n) is 9.80. The highest BCUT2D eigenvalue weighted by molar-refractivity contribution is 8.09. The van der Waals surface area contributed by atoms with Gasteiger partial charge in [0.2, 0.25) is 0 Å². The van der Waals surface area contributed by atoms with Crippen LogP contribution in [0.5, 0.6) is 5.75 Å². The van der Waals surface area contributed by atoms with E-state index in [1.54, 1.807) is 32.9 Å². The molecule has 1 saturated heterocycles. The Hall–Kier alpha value is -3.27. The van der Waals surface area contributed by atoms with Gasteiger partial charge in [-0.15, -0.1) is 6.42 Å². The van der Waals surface area contributed by atoms with Crippen LogP contribution in [0.4, 0.5) is 0 Å². The first-order valence-corrected chi connectivity index (χ1v) is 15.4. The van der Waals surface area contributed by atoms with E-state index in [0.717, 1.165) is 10.8 Å². The minimum absolute atomic E-state index is 0.0912. The van der Waals surface area contributed by atoms with Crippen LogP contribution in [0.1, 0.15) is 20.8 Å². The molecule has 1 unspecified atom stereocenters. The Morgan fingerprint density at radius 2 is 2.02 bits per heavy atom. The van der Waals surface area contributed by atoms with E-state index in [1.807, 2.05) is 30.3 Å². The van der Waals surface area contributed by atoms with Crippen LogP contribution in [-0.2, 0) is 35.4 Å². The second-order valence-corrected chi connectivity index (χ2v) is 12.9. The van der Waals surface area contributed by atoms with Crippen LogP contribution >= 0.6 is 6.64 Å². The molecule has 2 heterocycles. The molecule has 0 radical (unpaired) electrons. The number of nitrogens with one attached hydrogen (secondary N) is 2. The normalized spacial score (nSPS) is 26.4. The van der Waals surface area contributed by atoms with Crippen molar-refractivity contribution in [3.63, 3.8) is 0 Å². The summed E-state index contributed by atoms with van der Waals surface area (Å²) in [6.07, 6.45) is 3.67. The van der Waals surface area contributed by atoms with Gasteiger partial charge in [-0.3, -0.25) is 9.59 Å². The summed E-state index contributed by atoms with van der Waals surface area (Å²) >= 11 is 5.83. The second kappa shape index (κ2) is 12.3. The summed E-state index contributed by atoms with van der Waals surface area (Å²) in [5.41, 5.74) is -2.20. The fourth-order valence-electron chi connectivity index (χ4n) is 4.33. The van der Waals surface area contributed by atoms with Crippen molar-refractivity contribution in [3.05, 3.63) is 67.1 Å². The van der Waals surface area contributed by atoms with E-state index in [9.17, 15) is 19.8 Å². The van der Waals surface area contributed by atoms with Crippen LogP contribution in [0, 0.1) is 12.3 Å². The van der Waals surface area contributed by atoms with Gasteiger partial charge in [-0.1, -0.05) is 48.9 Å². The molecule has 1 fully saturated rings. The number of benzene rings is 2. The first-order chi connectivity index (χ1) is 19.4. The Morgan fingerprint density at radius 1 is 1.32 bits per heavy atom. The quantitative estimate of drug-likeness (QED) is 0.181. The molecule has 0 aliphatic carbocycles. The zero-order valence-corrected chi connectivity index (χ0v) is 24.4. The number of carbonyl (C=O) groups excluding carboxylic acids is 2. The largest absolute Gasteiger partial charge is 0.462 e. The SMILES string of the molecule is C#C[C@@]1(O)[C@H](O)[C@@H](COP(=S)(N[C@@H](C)C(=O)OC(C)C)Oc2cccc3ccccc23)O[C@H]1N1C=CC(=O)NC1=C. The predicted octanol–water partition coefficient (Wildman–Crippen LogP) is 2.26. The third-order valence-electron chi connectivity index (χ3n) is 6.37. The Bertz CT molecular complexity index is 1450. The summed E-state index contributed by atoms with van der Waals surface area (Å²) in [6.45, 7) is 4.85. The first kappa shape index (κ1) is 30.7. The summed E-state index contributed by atoms with van der Waals surface area (Å²) < 4.78 is 23.6. The van der Waals surface area contributed by atoms with Gasteiger partial charge in [0.25, 0.3) is 5.91 Å². The lowest BCUT2D eigenvalue weighted by molar-refractivity contribution is -0.149. The monoisotopic (exact) mass is 601 g/mol. The van der Waals surface area contributed by atoms with Crippen LogP contribution in [0.3, 0.4) is 0 Å². The van der Waals surface area contributed by atoms with Gasteiger partial charge in [0.15, 0.2) is 11.8 Å². The molecule has 0 spiro atoms. The smallest absolute Gasteiger partial charge is 0.323 e. The Labute approximate surface area is 243 Å². The van der Waals surface area contributed by atoms with E-state index in [-0.39, 0.29) is 18.5 Å². The van der Waals surface area contributed by atoms with Crippen LogP contribution < -0.4 is 14.9 Å². The Morgan fingerprint density at radius 3 is 2.71 bits per heavy atom. The number of hydrogen-bond donors (Lipinski definition) is 4. The molecule has 6 atom stereocenters. The standard InChI is InChI=1S/C28H32N3O8PS/c1-6-28(35)25(33)23(38-27(28)31-15-14-24(32)29-19(31)5)16-36-40(41,30-18(4)26(34)37-17(2)3)39-22-13-9-11-20-10-7-8-12-21(20)22/h1,7-15,17-18,23,25,27,33,35H,5,16H2,2-4H3,(H,29,32)(H,30,41)/t18-,23+,25+,27+,28+,40?/m0/s1. The highest BCUT2D eigenvalue weighted by Gasteiger charge is 2.57. The van der Waals surface area contributed by atoms with E-state index in [2.05, 4.69) is 22.9 Å². The summed E-state index contributed by atoms with van der Waals surface area (Å²) in [7, 11) is 0. The van der Waals surface area contributed by atoms with E-state index < -0.39 is 48.6 Å². The van der Waals surface area contributed by atoms with Gasteiger partial charge in [0.05, 0.1) is 12.7 Å². The van der Waals surface area contributed by atoms with Crippen LogP contribution in [0.2, 0.25) is 0 Å². The highest BCUT2D eigenvalue weighted by Crippen LogP contribution is 2.48. The van der Waals surface area contributed by atoms with Crippen molar-refractivity contribution < 1.29 is 38.3 Å². The van der Waals surface area contributed by atoms with Gasteiger partial charge >= 0.3 is 12.6 Å². The number of carbonyl (C=O) groups is 2. The molecule has 11 nitrogen and oxygen atoms in total. The van der Waals surface area contributed by atoms with Gasteiger partial charge < -0.3 is 39.0 Å². The van der Waals surface area contributed by atoms with Crippen molar-refractivity contribution in [1.29, 1.82) is 0 Å². The highest BCUT2D eigenvalue weighted by atomic mass is 32.5. The van der Waals surface area contributed by atoms with E-state index in [1.165, 1.54) is 17.2 Å². The molecule has 2 aliphatic heterocycles. The van der Waals surface area contributed by atoms with Crippen molar-refractivity contribution >= 4 is 41.1 Å². The van der Waals surface area contributed by atoms with Gasteiger partial charge in [-0.2, -0.15) is 0 Å². The molecule has 4 rings (SSSR count). The number of aliphatic hydroxyl groups excluding tert-OH is 1. The van der Waals surface area contributed by atoms with Crippen molar-refractivity contribution in [1.82, 2.24) is 15.3 Å². The number of esters is 1. The maximum absolute atomic E-state index is 12.6. The molecule has 0 aromatic heterocycles. The average Bonchev–Trinajstić information content (AvgIpc) is 3.17. The number of terminal acetylenes is 1. The van der Waals surface area contributed by atoms with Gasteiger partial charge in [0.1, 0.15) is 29.8 Å². The molecule has 1 amide bonds. The maximum atomic E-state index is 12.6. The predicted molar refractivity (Wildman–Crippen MR) is 155 cm³/mol. The van der Waals surface area contributed by atoms with Gasteiger partial charge in [0, 0.05) is 17.7 Å². The lowest BCUT2D eigenvalue weighted by Gasteiger charge is -2.36. The molecule has 0 saturated carbocycles. The van der Waals surface area contributed by atoms with Crippen LogP contribution in [0.25, 0.3) is 10.8 Å². The number of hydrogen-bond acceptors (Lipinski definition) is 10. The van der Waals surface area contributed by atoms with E-state index in [0.29, 0.717) is 5.75 Å². The molecule has 2 aliphatic rings. The summed E-state index contributed by atoms with van der Waals surface area (Å²) in [5.74, 6) is 1.72. The molecular formula is C28H32N3O8PS. The van der Waals surface area contributed by atoms with Crippen molar-refractivity contribution in [2.45, 2.75) is 57.0 Å². The number of aliphatic hydroxyl groups is 2. The summed E-state index contributed by atoms with van der Waals surface area (Å²) in [5, 5.41) is 29.3. The number of fused-ring (bicyclic) bond motifs is 1. The van der Waals surface area contributed by atoms with Gasteiger partial charge in [-0.05, 0) is 44.0 Å². The molecular weight excluding hydrogens is 569 g/mol. The lowest BCUT2D eigenvalue weighted by Crippen LogP contribution is -2.54. The average molecular weight is 602 g/mol. The molecule has 4 N–H and O–H groups in total. The molecule has 13 heteroatoms. The first-order valence-electron chi connectivity index (χ1n) is 12.8. The Kier molecular flexibility index (Phi) is 9.21. The minimum atomic E-state index is -3.54. The fourth-order valence-corrected chi connectivity index (χ4v) is 6.75. The molecule has 218 valence electrons. The number of rotatable bonds is 10.